The van der Waals surface area contributed by atoms with Crippen LogP contribution in [-0.4, -0.2) is 17.9 Å². The first kappa shape index (κ1) is 18.5. The minimum atomic E-state index is -0.568. The molecule has 0 saturated carbocycles. The molecule has 4 rings (SSSR count). The summed E-state index contributed by atoms with van der Waals surface area (Å²) >= 11 is 0. The average Bonchev–Trinajstić information content (AvgIpc) is 3.18. The van der Waals surface area contributed by atoms with Crippen molar-refractivity contribution < 1.29 is 27.9 Å². The number of furan rings is 1. The molecule has 7 nitrogen and oxygen atoms in total. The molecule has 8 heteroatoms. The highest BCUT2D eigenvalue weighted by Crippen LogP contribution is 2.32. The van der Waals surface area contributed by atoms with Crippen molar-refractivity contribution in [2.45, 2.75) is 19.6 Å². The van der Waals surface area contributed by atoms with E-state index in [-0.39, 0.29) is 24.1 Å². The number of anilines is 2. The molecule has 2 aromatic carbocycles. The molecule has 29 heavy (non-hydrogen) atoms. The third-order valence-corrected chi connectivity index (χ3v) is 4.25. The van der Waals surface area contributed by atoms with Gasteiger partial charge in [-0.25, -0.2) is 4.39 Å². The molecule has 1 aromatic heterocycles. The Labute approximate surface area is 165 Å². The minimum Gasteiger partial charge on any atom is -0.486 e. The lowest BCUT2D eigenvalue weighted by molar-refractivity contribution is -0.122. The van der Waals surface area contributed by atoms with Gasteiger partial charge in [0.2, 0.25) is 0 Å². The van der Waals surface area contributed by atoms with E-state index < -0.39 is 12.0 Å². The smallest absolute Gasteiger partial charge is 0.291 e. The van der Waals surface area contributed by atoms with Gasteiger partial charge in [0.25, 0.3) is 11.8 Å². The van der Waals surface area contributed by atoms with E-state index in [0.29, 0.717) is 28.6 Å². The van der Waals surface area contributed by atoms with E-state index in [2.05, 4.69) is 10.6 Å². The van der Waals surface area contributed by atoms with Crippen molar-refractivity contribution in [2.75, 3.05) is 10.6 Å². The van der Waals surface area contributed by atoms with E-state index in [9.17, 15) is 14.0 Å². The number of benzene rings is 2. The highest BCUT2D eigenvalue weighted by molar-refractivity contribution is 6.03. The summed E-state index contributed by atoms with van der Waals surface area (Å²) in [5.41, 5.74) is 0.964. The van der Waals surface area contributed by atoms with Gasteiger partial charge < -0.3 is 24.5 Å². The molecule has 0 fully saturated rings. The van der Waals surface area contributed by atoms with Crippen LogP contribution in [0, 0.1) is 5.82 Å². The standard InChI is InChI=1S/C21H17FN2O5/c1-12-20(25)24-17-10-14(4-8-18(17)28-12)23-21(26)19-9-7-16(29-19)11-27-15-5-2-13(22)3-6-15/h2-10,12H,11H2,1H3,(H,23,26)(H,24,25). The molecule has 0 spiro atoms. The van der Waals surface area contributed by atoms with Crippen molar-refractivity contribution in [2.24, 2.45) is 0 Å². The third-order valence-electron chi connectivity index (χ3n) is 4.25. The van der Waals surface area contributed by atoms with Crippen molar-refractivity contribution in [1.82, 2.24) is 0 Å². The van der Waals surface area contributed by atoms with Crippen LogP contribution < -0.4 is 20.1 Å². The Balaban J connectivity index is 1.38. The fourth-order valence-corrected chi connectivity index (χ4v) is 2.74. The summed E-state index contributed by atoms with van der Waals surface area (Å²) in [5.74, 6) is 0.521. The number of carbonyl (C=O) groups excluding carboxylic acids is 2. The van der Waals surface area contributed by atoms with E-state index in [4.69, 9.17) is 13.9 Å². The summed E-state index contributed by atoms with van der Waals surface area (Å²) < 4.78 is 29.4. The summed E-state index contributed by atoms with van der Waals surface area (Å²) in [6.07, 6.45) is -0.568. The van der Waals surface area contributed by atoms with Gasteiger partial charge in [-0.15, -0.1) is 0 Å². The van der Waals surface area contributed by atoms with Gasteiger partial charge in [0.05, 0.1) is 5.69 Å². The van der Waals surface area contributed by atoms with Crippen molar-refractivity contribution in [3.63, 3.8) is 0 Å². The van der Waals surface area contributed by atoms with E-state index in [1.165, 1.54) is 30.3 Å². The largest absolute Gasteiger partial charge is 0.486 e. The van der Waals surface area contributed by atoms with Gasteiger partial charge in [-0.3, -0.25) is 9.59 Å². The van der Waals surface area contributed by atoms with Crippen LogP contribution in [0.3, 0.4) is 0 Å². The van der Waals surface area contributed by atoms with E-state index >= 15 is 0 Å². The second-order valence-electron chi connectivity index (χ2n) is 6.42. The molecule has 2 N–H and O–H groups in total. The highest BCUT2D eigenvalue weighted by Gasteiger charge is 2.24. The van der Waals surface area contributed by atoms with Gasteiger partial charge in [0.15, 0.2) is 11.9 Å². The average molecular weight is 396 g/mol. The van der Waals surface area contributed by atoms with Gasteiger partial charge in [0, 0.05) is 5.69 Å². The predicted molar refractivity (Wildman–Crippen MR) is 103 cm³/mol. The maximum atomic E-state index is 12.9. The molecule has 2 heterocycles. The number of ether oxygens (including phenoxy) is 2. The SMILES string of the molecule is CC1Oc2ccc(NC(=O)c3ccc(COc4ccc(F)cc4)o3)cc2NC1=O. The Hall–Kier alpha value is -3.81. The Morgan fingerprint density at radius 1 is 1.17 bits per heavy atom. The number of nitrogens with one attached hydrogen (secondary N) is 2. The van der Waals surface area contributed by atoms with Crippen LogP contribution in [0.4, 0.5) is 15.8 Å². The molecule has 0 saturated heterocycles. The molecule has 3 aromatic rings. The number of carbonyl (C=O) groups is 2. The molecular weight excluding hydrogens is 379 g/mol. The Morgan fingerprint density at radius 3 is 2.76 bits per heavy atom. The zero-order chi connectivity index (χ0) is 20.4. The van der Waals surface area contributed by atoms with Crippen LogP contribution in [0.1, 0.15) is 23.2 Å². The number of hydrogen-bond acceptors (Lipinski definition) is 5. The third kappa shape index (κ3) is 4.21. The molecule has 148 valence electrons. The minimum absolute atomic E-state index is 0.0965. The van der Waals surface area contributed by atoms with Crippen molar-refractivity contribution in [3.05, 3.63) is 71.9 Å². The van der Waals surface area contributed by atoms with Crippen molar-refractivity contribution >= 4 is 23.2 Å². The van der Waals surface area contributed by atoms with Crippen LogP contribution in [0.25, 0.3) is 0 Å². The lowest BCUT2D eigenvalue weighted by atomic mass is 10.2. The lowest BCUT2D eigenvalue weighted by Gasteiger charge is -2.23. The van der Waals surface area contributed by atoms with Gasteiger partial charge in [-0.2, -0.15) is 0 Å². The fourth-order valence-electron chi connectivity index (χ4n) is 2.74. The summed E-state index contributed by atoms with van der Waals surface area (Å²) in [5, 5.41) is 5.43. The fraction of sp³-hybridized carbons (Fsp3) is 0.143. The van der Waals surface area contributed by atoms with Gasteiger partial charge in [-0.1, -0.05) is 0 Å². The summed E-state index contributed by atoms with van der Waals surface area (Å²) in [6, 6.07) is 13.7. The number of halogens is 1. The van der Waals surface area contributed by atoms with E-state index in [1.807, 2.05) is 0 Å². The van der Waals surface area contributed by atoms with Crippen LogP contribution >= 0.6 is 0 Å². The molecule has 0 aliphatic carbocycles. The van der Waals surface area contributed by atoms with Gasteiger partial charge in [-0.05, 0) is 61.5 Å². The lowest BCUT2D eigenvalue weighted by Crippen LogP contribution is -2.34. The molecule has 0 radical (unpaired) electrons. The molecule has 1 aliphatic heterocycles. The van der Waals surface area contributed by atoms with Crippen LogP contribution in [0.2, 0.25) is 0 Å². The molecule has 0 bridgehead atoms. The second kappa shape index (κ2) is 7.67. The molecule has 1 atom stereocenters. The first-order valence-electron chi connectivity index (χ1n) is 8.88. The van der Waals surface area contributed by atoms with Crippen LogP contribution in [0.5, 0.6) is 11.5 Å². The maximum Gasteiger partial charge on any atom is 0.291 e. The van der Waals surface area contributed by atoms with Gasteiger partial charge >= 0.3 is 0 Å². The molecule has 1 aliphatic rings. The zero-order valence-electron chi connectivity index (χ0n) is 15.4. The van der Waals surface area contributed by atoms with Crippen molar-refractivity contribution in [3.8, 4) is 11.5 Å². The number of hydrogen-bond donors (Lipinski definition) is 2. The Bertz CT molecular complexity index is 1060. The predicted octanol–water partition coefficient (Wildman–Crippen LogP) is 3.97. The zero-order valence-corrected chi connectivity index (χ0v) is 15.4. The normalized spacial score (nSPS) is 15.1. The van der Waals surface area contributed by atoms with Crippen LogP contribution in [0.15, 0.2) is 59.0 Å². The molecular formula is C21H17FN2O5. The number of fused-ring (bicyclic) bond motifs is 1. The maximum absolute atomic E-state index is 12.9. The van der Waals surface area contributed by atoms with Crippen molar-refractivity contribution in [1.29, 1.82) is 0 Å². The summed E-state index contributed by atoms with van der Waals surface area (Å²) in [6.45, 7) is 1.75. The van der Waals surface area contributed by atoms with E-state index in [0.717, 1.165) is 0 Å². The number of amides is 2. The summed E-state index contributed by atoms with van der Waals surface area (Å²) in [4.78, 5) is 24.1. The first-order valence-corrected chi connectivity index (χ1v) is 8.88. The number of rotatable bonds is 5. The first-order chi connectivity index (χ1) is 14.0. The second-order valence-corrected chi connectivity index (χ2v) is 6.42. The van der Waals surface area contributed by atoms with Crippen LogP contribution in [-0.2, 0) is 11.4 Å². The van der Waals surface area contributed by atoms with E-state index in [1.54, 1.807) is 31.2 Å². The van der Waals surface area contributed by atoms with Gasteiger partial charge in [0.1, 0.15) is 29.7 Å². The Kier molecular flexibility index (Phi) is 4.90. The summed E-state index contributed by atoms with van der Waals surface area (Å²) in [7, 11) is 0. The molecule has 1 unspecified atom stereocenters. The monoisotopic (exact) mass is 396 g/mol. The quantitative estimate of drug-likeness (QED) is 0.681. The topological polar surface area (TPSA) is 89.8 Å². The Morgan fingerprint density at radius 2 is 1.97 bits per heavy atom. The molecule has 2 amide bonds. The highest BCUT2D eigenvalue weighted by atomic mass is 19.1.